The standard InChI is InChI=1S/C18H28N2S/c1-11(2)7-16-17(10-19-14-5-6-14)21-18(20-16)15-9-12-3-4-13(15)8-12/h11-15,19H,3-10H2,1-2H3. The molecule has 2 nitrogen and oxygen atoms in total. The minimum atomic E-state index is 0.708. The summed E-state index contributed by atoms with van der Waals surface area (Å²) in [6, 6.07) is 0.796. The van der Waals surface area contributed by atoms with Crippen molar-refractivity contribution in [1.82, 2.24) is 10.3 Å². The number of rotatable bonds is 6. The van der Waals surface area contributed by atoms with Gasteiger partial charge in [-0.3, -0.25) is 0 Å². The predicted molar refractivity (Wildman–Crippen MR) is 88.7 cm³/mol. The monoisotopic (exact) mass is 304 g/mol. The maximum atomic E-state index is 5.13. The van der Waals surface area contributed by atoms with Crippen molar-refractivity contribution in [1.29, 1.82) is 0 Å². The molecule has 1 aromatic heterocycles. The minimum absolute atomic E-state index is 0.708. The van der Waals surface area contributed by atoms with Crippen LogP contribution in [0.3, 0.4) is 0 Å². The summed E-state index contributed by atoms with van der Waals surface area (Å²) in [6.07, 6.45) is 9.76. The maximum absolute atomic E-state index is 5.13. The van der Waals surface area contributed by atoms with Gasteiger partial charge in [0.2, 0.25) is 0 Å². The number of hydrogen-bond donors (Lipinski definition) is 1. The van der Waals surface area contributed by atoms with Crippen molar-refractivity contribution in [3.63, 3.8) is 0 Å². The van der Waals surface area contributed by atoms with Gasteiger partial charge in [-0.05, 0) is 56.3 Å². The molecule has 3 heteroatoms. The first-order chi connectivity index (χ1) is 10.2. The van der Waals surface area contributed by atoms with Gasteiger partial charge in [0.05, 0.1) is 10.7 Å². The molecule has 1 heterocycles. The van der Waals surface area contributed by atoms with Crippen LogP contribution in [0.4, 0.5) is 0 Å². The smallest absolute Gasteiger partial charge is 0.0965 e. The van der Waals surface area contributed by atoms with E-state index in [2.05, 4.69) is 19.2 Å². The summed E-state index contributed by atoms with van der Waals surface area (Å²) in [4.78, 5) is 6.66. The Morgan fingerprint density at radius 2 is 2.05 bits per heavy atom. The molecule has 3 aliphatic carbocycles. The number of fused-ring (bicyclic) bond motifs is 2. The predicted octanol–water partition coefficient (Wildman–Crippen LogP) is 4.50. The van der Waals surface area contributed by atoms with Crippen LogP contribution in [0, 0.1) is 17.8 Å². The molecular formula is C18H28N2S. The zero-order chi connectivity index (χ0) is 14.4. The first-order valence-corrected chi connectivity index (χ1v) is 9.72. The third-order valence-corrected chi connectivity index (χ3v) is 6.81. The van der Waals surface area contributed by atoms with Gasteiger partial charge in [-0.2, -0.15) is 0 Å². The quantitative estimate of drug-likeness (QED) is 0.837. The number of nitrogens with zero attached hydrogens (tertiary/aromatic N) is 1. The lowest BCUT2D eigenvalue weighted by Crippen LogP contribution is -2.15. The SMILES string of the molecule is CC(C)Cc1nc(C2CC3CCC2C3)sc1CNC1CC1. The molecule has 0 amide bonds. The van der Waals surface area contributed by atoms with Crippen molar-refractivity contribution in [2.75, 3.05) is 0 Å². The van der Waals surface area contributed by atoms with Crippen molar-refractivity contribution < 1.29 is 0 Å². The number of hydrogen-bond acceptors (Lipinski definition) is 3. The van der Waals surface area contributed by atoms with Crippen molar-refractivity contribution in [3.8, 4) is 0 Å². The van der Waals surface area contributed by atoms with E-state index in [1.165, 1.54) is 54.1 Å². The Morgan fingerprint density at radius 1 is 1.19 bits per heavy atom. The van der Waals surface area contributed by atoms with E-state index in [4.69, 9.17) is 4.98 Å². The molecule has 1 aromatic rings. The Kier molecular flexibility index (Phi) is 3.83. The largest absolute Gasteiger partial charge is 0.309 e. The van der Waals surface area contributed by atoms with E-state index in [1.807, 2.05) is 11.3 Å². The lowest BCUT2D eigenvalue weighted by Gasteiger charge is -2.18. The normalized spacial score (nSPS) is 31.5. The van der Waals surface area contributed by atoms with Gasteiger partial charge in [0.1, 0.15) is 0 Å². The summed E-state index contributed by atoms with van der Waals surface area (Å²) < 4.78 is 0. The fraction of sp³-hybridized carbons (Fsp3) is 0.833. The molecule has 21 heavy (non-hydrogen) atoms. The lowest BCUT2D eigenvalue weighted by atomic mass is 9.89. The first kappa shape index (κ1) is 14.2. The molecule has 2 bridgehead atoms. The van der Waals surface area contributed by atoms with Gasteiger partial charge in [-0.1, -0.05) is 20.3 Å². The van der Waals surface area contributed by atoms with E-state index in [1.54, 1.807) is 0 Å². The van der Waals surface area contributed by atoms with Crippen LogP contribution in [0.1, 0.15) is 73.9 Å². The van der Waals surface area contributed by atoms with Crippen LogP contribution >= 0.6 is 11.3 Å². The Balaban J connectivity index is 1.52. The molecule has 4 rings (SSSR count). The second-order valence-corrected chi connectivity index (χ2v) is 9.07. The highest BCUT2D eigenvalue weighted by atomic mass is 32.1. The Morgan fingerprint density at radius 3 is 2.67 bits per heavy atom. The third kappa shape index (κ3) is 3.05. The number of aromatic nitrogens is 1. The molecule has 0 spiro atoms. The topological polar surface area (TPSA) is 24.9 Å². The molecule has 0 aliphatic heterocycles. The second-order valence-electron chi connectivity index (χ2n) is 7.96. The summed E-state index contributed by atoms with van der Waals surface area (Å²) in [6.45, 7) is 5.69. The Bertz CT molecular complexity index is 503. The molecule has 0 saturated heterocycles. The van der Waals surface area contributed by atoms with Gasteiger partial charge in [0.25, 0.3) is 0 Å². The highest BCUT2D eigenvalue weighted by Gasteiger charge is 2.41. The van der Waals surface area contributed by atoms with Crippen molar-refractivity contribution in [2.24, 2.45) is 17.8 Å². The van der Waals surface area contributed by atoms with E-state index in [-0.39, 0.29) is 0 Å². The molecule has 3 saturated carbocycles. The van der Waals surface area contributed by atoms with Crippen molar-refractivity contribution in [3.05, 3.63) is 15.6 Å². The molecule has 116 valence electrons. The molecule has 3 fully saturated rings. The molecular weight excluding hydrogens is 276 g/mol. The van der Waals surface area contributed by atoms with Crippen molar-refractivity contribution in [2.45, 2.75) is 77.3 Å². The average molecular weight is 305 g/mol. The van der Waals surface area contributed by atoms with Crippen LogP contribution in [0.5, 0.6) is 0 Å². The minimum Gasteiger partial charge on any atom is -0.309 e. The molecule has 3 atom stereocenters. The molecule has 0 radical (unpaired) electrons. The molecule has 3 aliphatic rings. The summed E-state index contributed by atoms with van der Waals surface area (Å²) >= 11 is 2.03. The van der Waals surface area contributed by atoms with Gasteiger partial charge in [0.15, 0.2) is 0 Å². The van der Waals surface area contributed by atoms with E-state index in [9.17, 15) is 0 Å². The van der Waals surface area contributed by atoms with Crippen LogP contribution < -0.4 is 5.32 Å². The van der Waals surface area contributed by atoms with Gasteiger partial charge in [-0.25, -0.2) is 4.98 Å². The lowest BCUT2D eigenvalue weighted by molar-refractivity contribution is 0.418. The fourth-order valence-corrected chi connectivity index (χ4v) is 5.57. The Hall–Kier alpha value is -0.410. The van der Waals surface area contributed by atoms with Crippen LogP contribution in [0.2, 0.25) is 0 Å². The van der Waals surface area contributed by atoms with Gasteiger partial charge in [0, 0.05) is 23.4 Å². The van der Waals surface area contributed by atoms with E-state index in [0.29, 0.717) is 5.92 Å². The second kappa shape index (κ2) is 5.66. The summed E-state index contributed by atoms with van der Waals surface area (Å²) in [5.41, 5.74) is 1.40. The molecule has 0 aromatic carbocycles. The Labute approximate surface area is 132 Å². The molecule has 1 N–H and O–H groups in total. The van der Waals surface area contributed by atoms with Crippen LogP contribution in [-0.4, -0.2) is 11.0 Å². The molecule has 3 unspecified atom stereocenters. The van der Waals surface area contributed by atoms with E-state index >= 15 is 0 Å². The first-order valence-electron chi connectivity index (χ1n) is 8.91. The van der Waals surface area contributed by atoms with Gasteiger partial charge in [-0.15, -0.1) is 11.3 Å². The average Bonchev–Trinajstić information content (AvgIpc) is 2.86. The van der Waals surface area contributed by atoms with E-state index < -0.39 is 0 Å². The zero-order valence-electron chi connectivity index (χ0n) is 13.4. The van der Waals surface area contributed by atoms with Crippen LogP contribution in [0.25, 0.3) is 0 Å². The summed E-state index contributed by atoms with van der Waals surface area (Å²) in [7, 11) is 0. The van der Waals surface area contributed by atoms with Gasteiger partial charge >= 0.3 is 0 Å². The fourth-order valence-electron chi connectivity index (χ4n) is 4.32. The highest BCUT2D eigenvalue weighted by Crippen LogP contribution is 2.53. The zero-order valence-corrected chi connectivity index (χ0v) is 14.2. The van der Waals surface area contributed by atoms with Crippen molar-refractivity contribution >= 4 is 11.3 Å². The summed E-state index contributed by atoms with van der Waals surface area (Å²) in [5, 5.41) is 5.17. The summed E-state index contributed by atoms with van der Waals surface area (Å²) in [5.74, 6) is 3.48. The van der Waals surface area contributed by atoms with E-state index in [0.717, 1.165) is 36.8 Å². The third-order valence-electron chi connectivity index (χ3n) is 5.58. The van der Waals surface area contributed by atoms with Gasteiger partial charge < -0.3 is 5.32 Å². The van der Waals surface area contributed by atoms with Crippen LogP contribution in [-0.2, 0) is 13.0 Å². The maximum Gasteiger partial charge on any atom is 0.0965 e. The number of thiazole rings is 1. The highest BCUT2D eigenvalue weighted by molar-refractivity contribution is 7.11. The van der Waals surface area contributed by atoms with Crippen LogP contribution in [0.15, 0.2) is 0 Å². The number of nitrogens with one attached hydrogen (secondary N) is 1.